The largest absolute Gasteiger partial charge is 0.464 e. The van der Waals surface area contributed by atoms with E-state index in [0.717, 1.165) is 38.5 Å². The third kappa shape index (κ3) is 22.0. The van der Waals surface area contributed by atoms with Gasteiger partial charge in [-0.1, -0.05) is 79.8 Å². The van der Waals surface area contributed by atoms with Gasteiger partial charge in [-0.25, -0.2) is 0 Å². The van der Waals surface area contributed by atoms with Crippen molar-refractivity contribution in [3.63, 3.8) is 0 Å². The van der Waals surface area contributed by atoms with E-state index >= 15 is 0 Å². The molecule has 29 heavy (non-hydrogen) atoms. The number of carbonyl (C=O) groups excluding carboxylic acids is 1. The van der Waals surface area contributed by atoms with Crippen molar-refractivity contribution in [2.45, 2.75) is 64.3 Å². The molecule has 0 saturated heterocycles. The van der Waals surface area contributed by atoms with Gasteiger partial charge in [-0.05, 0) is 44.9 Å². The molecule has 0 radical (unpaired) electrons. The molecular formula is C25H39NO3. The standard InChI is InChI=1S/C25H39NO3/c1-2-3-4-5-6-7-8-9-10-11-12-13-14-15-16-17-18-19-20-21-25(28)29-23-24(26)22-27/h3-4,6-7,9-10,12-13,15-16,18-19,24,27H,2,5,8,11,14,17,20-23,26H2,1H3/b4-3-,7-6-,10-9-,13-12-,16-15-,19-18-. The molecule has 0 amide bonds. The summed E-state index contributed by atoms with van der Waals surface area (Å²) in [6.45, 7) is 2.03. The highest BCUT2D eigenvalue weighted by molar-refractivity contribution is 5.69. The summed E-state index contributed by atoms with van der Waals surface area (Å²) in [5.74, 6) is -0.284. The molecule has 4 nitrogen and oxygen atoms in total. The smallest absolute Gasteiger partial charge is 0.306 e. The van der Waals surface area contributed by atoms with Crippen LogP contribution in [0.15, 0.2) is 72.9 Å². The fourth-order valence-corrected chi connectivity index (χ4v) is 2.17. The number of ether oxygens (including phenoxy) is 1. The molecular weight excluding hydrogens is 362 g/mol. The lowest BCUT2D eigenvalue weighted by atomic mass is 10.2. The van der Waals surface area contributed by atoms with Crippen molar-refractivity contribution in [2.24, 2.45) is 5.73 Å². The van der Waals surface area contributed by atoms with Crippen LogP contribution in [0, 0.1) is 0 Å². The van der Waals surface area contributed by atoms with E-state index in [1.807, 2.05) is 12.2 Å². The number of carbonyl (C=O) groups is 1. The lowest BCUT2D eigenvalue weighted by Gasteiger charge is -2.08. The Morgan fingerprint density at radius 1 is 0.793 bits per heavy atom. The summed E-state index contributed by atoms with van der Waals surface area (Å²) >= 11 is 0. The molecule has 0 spiro atoms. The summed E-state index contributed by atoms with van der Waals surface area (Å²) in [6.07, 6.45) is 32.7. The SMILES string of the molecule is CC/C=C\C/C=C\C/C=C\C/C=C\C/C=C\C/C=C\CCC(=O)OCC(N)CO. The van der Waals surface area contributed by atoms with E-state index in [1.165, 1.54) is 0 Å². The van der Waals surface area contributed by atoms with Gasteiger partial charge in [0.05, 0.1) is 12.6 Å². The van der Waals surface area contributed by atoms with E-state index in [2.05, 4.69) is 67.7 Å². The fourth-order valence-electron chi connectivity index (χ4n) is 2.17. The molecule has 0 rings (SSSR count). The number of rotatable bonds is 17. The first kappa shape index (κ1) is 26.8. The number of nitrogens with two attached hydrogens (primary N) is 1. The van der Waals surface area contributed by atoms with Gasteiger partial charge in [0.15, 0.2) is 0 Å². The third-order valence-corrected chi connectivity index (χ3v) is 3.80. The number of hydrogen-bond donors (Lipinski definition) is 2. The average molecular weight is 402 g/mol. The van der Waals surface area contributed by atoms with Gasteiger partial charge in [-0.15, -0.1) is 0 Å². The lowest BCUT2D eigenvalue weighted by Crippen LogP contribution is -2.31. The maximum Gasteiger partial charge on any atom is 0.306 e. The second kappa shape index (κ2) is 22.1. The number of allylic oxidation sites excluding steroid dienone is 12. The monoisotopic (exact) mass is 401 g/mol. The molecule has 0 bridgehead atoms. The van der Waals surface area contributed by atoms with Crippen LogP contribution < -0.4 is 5.73 Å². The van der Waals surface area contributed by atoms with Crippen molar-refractivity contribution >= 4 is 5.97 Å². The highest BCUT2D eigenvalue weighted by Crippen LogP contribution is 1.99. The zero-order valence-corrected chi connectivity index (χ0v) is 17.9. The van der Waals surface area contributed by atoms with Gasteiger partial charge in [-0.2, -0.15) is 0 Å². The Bertz CT molecular complexity index is 556. The molecule has 1 unspecified atom stereocenters. The van der Waals surface area contributed by atoms with E-state index in [1.54, 1.807) is 0 Å². The second-order valence-corrected chi connectivity index (χ2v) is 6.58. The zero-order valence-electron chi connectivity index (χ0n) is 17.9. The minimum atomic E-state index is -0.496. The molecule has 0 fully saturated rings. The average Bonchev–Trinajstić information content (AvgIpc) is 2.73. The predicted molar refractivity (Wildman–Crippen MR) is 123 cm³/mol. The van der Waals surface area contributed by atoms with Gasteiger partial charge in [0.1, 0.15) is 6.61 Å². The van der Waals surface area contributed by atoms with E-state index in [0.29, 0.717) is 12.8 Å². The molecule has 0 heterocycles. The maximum atomic E-state index is 11.4. The van der Waals surface area contributed by atoms with Gasteiger partial charge in [0.2, 0.25) is 0 Å². The van der Waals surface area contributed by atoms with Crippen LogP contribution in [-0.4, -0.2) is 30.3 Å². The molecule has 3 N–H and O–H groups in total. The quantitative estimate of drug-likeness (QED) is 0.255. The summed E-state index contributed by atoms with van der Waals surface area (Å²) in [5.41, 5.74) is 5.46. The van der Waals surface area contributed by atoms with Gasteiger partial charge >= 0.3 is 5.97 Å². The van der Waals surface area contributed by atoms with Crippen molar-refractivity contribution in [3.8, 4) is 0 Å². The molecule has 0 aromatic heterocycles. The zero-order chi connectivity index (χ0) is 21.4. The molecule has 0 aliphatic carbocycles. The Morgan fingerprint density at radius 3 is 1.62 bits per heavy atom. The second-order valence-electron chi connectivity index (χ2n) is 6.58. The third-order valence-electron chi connectivity index (χ3n) is 3.80. The number of esters is 1. The molecule has 4 heteroatoms. The summed E-state index contributed by atoms with van der Waals surface area (Å²) in [7, 11) is 0. The van der Waals surface area contributed by atoms with Crippen LogP contribution in [0.25, 0.3) is 0 Å². The Morgan fingerprint density at radius 2 is 1.21 bits per heavy atom. The van der Waals surface area contributed by atoms with Gasteiger partial charge in [0.25, 0.3) is 0 Å². The van der Waals surface area contributed by atoms with Crippen molar-refractivity contribution in [2.75, 3.05) is 13.2 Å². The molecule has 0 aliphatic rings. The van der Waals surface area contributed by atoms with Crippen LogP contribution in [-0.2, 0) is 9.53 Å². The van der Waals surface area contributed by atoms with Crippen molar-refractivity contribution in [3.05, 3.63) is 72.9 Å². The Labute approximate surface area is 177 Å². The number of aliphatic hydroxyl groups excluding tert-OH is 1. The molecule has 162 valence electrons. The summed E-state index contributed by atoms with van der Waals surface area (Å²) in [5, 5.41) is 8.75. The van der Waals surface area contributed by atoms with Crippen LogP contribution >= 0.6 is 0 Å². The molecule has 0 aliphatic heterocycles. The molecule has 0 aromatic rings. The van der Waals surface area contributed by atoms with Crippen molar-refractivity contribution in [1.29, 1.82) is 0 Å². The van der Waals surface area contributed by atoms with Crippen molar-refractivity contribution < 1.29 is 14.6 Å². The van der Waals surface area contributed by atoms with Crippen LogP contribution in [0.3, 0.4) is 0 Å². The topological polar surface area (TPSA) is 72.5 Å². The predicted octanol–water partition coefficient (Wildman–Crippen LogP) is 5.33. The van der Waals surface area contributed by atoms with Crippen LogP contribution in [0.1, 0.15) is 58.3 Å². The van der Waals surface area contributed by atoms with E-state index in [4.69, 9.17) is 15.6 Å². The Hall–Kier alpha value is -2.17. The number of aliphatic hydroxyl groups is 1. The summed E-state index contributed by atoms with van der Waals surface area (Å²) in [6, 6.07) is -0.496. The molecule has 0 aromatic carbocycles. The Kier molecular flexibility index (Phi) is 20.5. The van der Waals surface area contributed by atoms with Crippen molar-refractivity contribution in [1.82, 2.24) is 0 Å². The molecule has 1 atom stereocenters. The summed E-state index contributed by atoms with van der Waals surface area (Å²) in [4.78, 5) is 11.4. The van der Waals surface area contributed by atoms with E-state index in [9.17, 15) is 4.79 Å². The molecule has 0 saturated carbocycles. The Balaban J connectivity index is 3.58. The van der Waals surface area contributed by atoms with Crippen LogP contribution in [0.2, 0.25) is 0 Å². The normalized spacial score (nSPS) is 13.9. The fraction of sp³-hybridized carbons (Fsp3) is 0.480. The van der Waals surface area contributed by atoms with Gasteiger partial charge in [-0.3, -0.25) is 4.79 Å². The minimum absolute atomic E-state index is 0.0685. The maximum absolute atomic E-state index is 11.4. The highest BCUT2D eigenvalue weighted by atomic mass is 16.5. The first-order valence-electron chi connectivity index (χ1n) is 10.6. The van der Waals surface area contributed by atoms with Gasteiger partial charge < -0.3 is 15.6 Å². The minimum Gasteiger partial charge on any atom is -0.464 e. The van der Waals surface area contributed by atoms with Crippen LogP contribution in [0.4, 0.5) is 0 Å². The highest BCUT2D eigenvalue weighted by Gasteiger charge is 2.05. The first-order chi connectivity index (χ1) is 14.2. The lowest BCUT2D eigenvalue weighted by molar-refractivity contribution is -0.144. The van der Waals surface area contributed by atoms with E-state index in [-0.39, 0.29) is 19.2 Å². The van der Waals surface area contributed by atoms with E-state index < -0.39 is 6.04 Å². The first-order valence-corrected chi connectivity index (χ1v) is 10.6. The summed E-state index contributed by atoms with van der Waals surface area (Å²) < 4.78 is 4.94. The van der Waals surface area contributed by atoms with Gasteiger partial charge in [0, 0.05) is 6.42 Å². The van der Waals surface area contributed by atoms with Crippen LogP contribution in [0.5, 0.6) is 0 Å². The number of hydrogen-bond acceptors (Lipinski definition) is 4.